The van der Waals surface area contributed by atoms with Gasteiger partial charge in [-0.05, 0) is 0 Å². The van der Waals surface area contributed by atoms with E-state index in [1.165, 1.54) is 18.6 Å². The minimum absolute atomic E-state index is 0.0535. The molecular formula is C9H10N6O2. The van der Waals surface area contributed by atoms with Crippen LogP contribution in [0.5, 0.6) is 0 Å². The Morgan fingerprint density at radius 2 is 2.29 bits per heavy atom. The quantitative estimate of drug-likeness (QED) is 0.721. The zero-order valence-electron chi connectivity index (χ0n) is 8.78. The van der Waals surface area contributed by atoms with Crippen molar-refractivity contribution in [2.75, 3.05) is 0 Å². The van der Waals surface area contributed by atoms with Gasteiger partial charge in [0.2, 0.25) is 17.6 Å². The summed E-state index contributed by atoms with van der Waals surface area (Å²) in [7, 11) is 0. The van der Waals surface area contributed by atoms with Gasteiger partial charge in [0.1, 0.15) is 5.69 Å². The predicted octanol–water partition coefficient (Wildman–Crippen LogP) is -0.598. The second kappa shape index (κ2) is 4.66. The molecule has 8 nitrogen and oxygen atoms in total. The second-order valence-electron chi connectivity index (χ2n) is 3.32. The molecule has 0 aliphatic rings. The number of hydrogen-bond donors (Lipinski definition) is 2. The fraction of sp³-hybridized carbons (Fsp3) is 0.222. The van der Waals surface area contributed by atoms with Gasteiger partial charge in [0.15, 0.2) is 0 Å². The Labute approximate surface area is 96.0 Å². The van der Waals surface area contributed by atoms with Crippen LogP contribution in [-0.2, 0) is 4.79 Å². The van der Waals surface area contributed by atoms with E-state index in [-0.39, 0.29) is 18.1 Å². The lowest BCUT2D eigenvalue weighted by atomic mass is 10.2. The molecule has 0 spiro atoms. The highest BCUT2D eigenvalue weighted by molar-refractivity contribution is 5.74. The number of hydrogen-bond acceptors (Lipinski definition) is 7. The molecule has 4 N–H and O–H groups in total. The topological polar surface area (TPSA) is 134 Å². The van der Waals surface area contributed by atoms with E-state index < -0.39 is 11.9 Å². The molecule has 1 amide bonds. The number of nitrogens with two attached hydrogens (primary N) is 2. The third-order valence-electron chi connectivity index (χ3n) is 1.97. The third kappa shape index (κ3) is 2.61. The van der Waals surface area contributed by atoms with Crippen molar-refractivity contribution in [3.8, 4) is 11.5 Å². The highest BCUT2D eigenvalue weighted by Gasteiger charge is 2.18. The van der Waals surface area contributed by atoms with Crippen LogP contribution >= 0.6 is 0 Å². The van der Waals surface area contributed by atoms with Gasteiger partial charge in [0.25, 0.3) is 0 Å². The van der Waals surface area contributed by atoms with Crippen LogP contribution in [0, 0.1) is 0 Å². The molecule has 0 saturated heterocycles. The average Bonchev–Trinajstić information content (AvgIpc) is 2.78. The van der Waals surface area contributed by atoms with Crippen molar-refractivity contribution >= 4 is 5.91 Å². The molecule has 2 rings (SSSR count). The summed E-state index contributed by atoms with van der Waals surface area (Å²) in [6, 6.07) is -0.703. The van der Waals surface area contributed by atoms with E-state index in [0.29, 0.717) is 5.69 Å². The van der Waals surface area contributed by atoms with Gasteiger partial charge < -0.3 is 16.0 Å². The normalized spacial score (nSPS) is 12.3. The van der Waals surface area contributed by atoms with Crippen molar-refractivity contribution in [2.45, 2.75) is 12.5 Å². The molecule has 0 aliphatic carbocycles. The Morgan fingerprint density at radius 1 is 1.47 bits per heavy atom. The van der Waals surface area contributed by atoms with Crippen LogP contribution in [0.1, 0.15) is 18.4 Å². The molecular weight excluding hydrogens is 224 g/mol. The summed E-state index contributed by atoms with van der Waals surface area (Å²) in [5, 5.41) is 3.69. The highest BCUT2D eigenvalue weighted by Crippen LogP contribution is 2.16. The third-order valence-corrected chi connectivity index (χ3v) is 1.97. The fourth-order valence-corrected chi connectivity index (χ4v) is 1.21. The first-order valence-electron chi connectivity index (χ1n) is 4.80. The number of aromatic nitrogens is 4. The van der Waals surface area contributed by atoms with Gasteiger partial charge in [-0.25, -0.2) is 4.98 Å². The number of amides is 1. The van der Waals surface area contributed by atoms with Gasteiger partial charge in [0, 0.05) is 12.4 Å². The second-order valence-corrected chi connectivity index (χ2v) is 3.32. The van der Waals surface area contributed by atoms with Gasteiger partial charge in [0.05, 0.1) is 18.7 Å². The van der Waals surface area contributed by atoms with Crippen LogP contribution in [-0.4, -0.2) is 26.0 Å². The molecule has 1 atom stereocenters. The van der Waals surface area contributed by atoms with Crippen LogP contribution in [0.15, 0.2) is 23.1 Å². The smallest absolute Gasteiger partial charge is 0.244 e. The minimum Gasteiger partial charge on any atom is -0.370 e. The minimum atomic E-state index is -0.703. The number of primary amides is 1. The van der Waals surface area contributed by atoms with Crippen molar-refractivity contribution in [1.82, 2.24) is 20.1 Å². The monoisotopic (exact) mass is 234 g/mol. The molecule has 0 aliphatic heterocycles. The summed E-state index contributed by atoms with van der Waals surface area (Å²) in [6.07, 6.45) is 4.48. The first kappa shape index (κ1) is 11.1. The summed E-state index contributed by atoms with van der Waals surface area (Å²) >= 11 is 0. The van der Waals surface area contributed by atoms with E-state index in [9.17, 15) is 4.79 Å². The summed E-state index contributed by atoms with van der Waals surface area (Å²) in [6.45, 7) is 0. The van der Waals surface area contributed by atoms with Crippen molar-refractivity contribution in [2.24, 2.45) is 11.5 Å². The van der Waals surface area contributed by atoms with E-state index in [1.807, 2.05) is 0 Å². The van der Waals surface area contributed by atoms with E-state index >= 15 is 0 Å². The maximum Gasteiger partial charge on any atom is 0.244 e. The molecule has 88 valence electrons. The van der Waals surface area contributed by atoms with Gasteiger partial charge in [-0.15, -0.1) is 0 Å². The van der Waals surface area contributed by atoms with Crippen molar-refractivity contribution in [1.29, 1.82) is 0 Å². The van der Waals surface area contributed by atoms with Crippen LogP contribution in [0.4, 0.5) is 0 Å². The number of carbonyl (C=O) groups is 1. The summed E-state index contributed by atoms with van der Waals surface area (Å²) in [4.78, 5) is 22.6. The number of nitrogens with zero attached hydrogens (tertiary/aromatic N) is 4. The maximum absolute atomic E-state index is 10.7. The zero-order chi connectivity index (χ0) is 12.3. The molecule has 0 fully saturated rings. The Hall–Kier alpha value is -2.35. The summed E-state index contributed by atoms with van der Waals surface area (Å²) in [5.41, 5.74) is 11.1. The molecule has 2 aromatic heterocycles. The standard InChI is InChI=1S/C9H10N6O2/c10-5(3-7(11)16)9-14-8(15-17-9)6-4-12-1-2-13-6/h1-2,4-5H,3,10H2,(H2,11,16)/t5-/m0/s1. The molecule has 0 aromatic carbocycles. The zero-order valence-corrected chi connectivity index (χ0v) is 8.78. The lowest BCUT2D eigenvalue weighted by molar-refractivity contribution is -0.118. The molecule has 0 bridgehead atoms. The SMILES string of the molecule is NC(=O)C[C@H](N)c1nc(-c2cnccn2)no1. The Balaban J connectivity index is 2.19. The Kier molecular flexibility index (Phi) is 3.06. The van der Waals surface area contributed by atoms with Crippen LogP contribution in [0.3, 0.4) is 0 Å². The van der Waals surface area contributed by atoms with E-state index in [2.05, 4.69) is 20.1 Å². The van der Waals surface area contributed by atoms with Gasteiger partial charge in [-0.3, -0.25) is 9.78 Å². The lowest BCUT2D eigenvalue weighted by Gasteiger charge is -2.01. The maximum atomic E-state index is 10.7. The van der Waals surface area contributed by atoms with E-state index in [1.54, 1.807) is 0 Å². The Bertz CT molecular complexity index is 511. The molecule has 0 saturated carbocycles. The molecule has 0 unspecified atom stereocenters. The van der Waals surface area contributed by atoms with Crippen LogP contribution < -0.4 is 11.5 Å². The van der Waals surface area contributed by atoms with E-state index in [4.69, 9.17) is 16.0 Å². The van der Waals surface area contributed by atoms with Gasteiger partial charge >= 0.3 is 0 Å². The van der Waals surface area contributed by atoms with Crippen molar-refractivity contribution in [3.05, 3.63) is 24.5 Å². The molecule has 2 heterocycles. The van der Waals surface area contributed by atoms with Crippen LogP contribution in [0.25, 0.3) is 11.5 Å². The van der Waals surface area contributed by atoms with Gasteiger partial charge in [-0.1, -0.05) is 5.16 Å². The van der Waals surface area contributed by atoms with Crippen molar-refractivity contribution < 1.29 is 9.32 Å². The van der Waals surface area contributed by atoms with E-state index in [0.717, 1.165) is 0 Å². The molecule has 8 heteroatoms. The largest absolute Gasteiger partial charge is 0.370 e. The van der Waals surface area contributed by atoms with Crippen molar-refractivity contribution in [3.63, 3.8) is 0 Å². The molecule has 0 radical (unpaired) electrons. The first-order valence-corrected chi connectivity index (χ1v) is 4.80. The Morgan fingerprint density at radius 3 is 2.94 bits per heavy atom. The summed E-state index contributed by atoms with van der Waals surface area (Å²) in [5.74, 6) is -0.116. The lowest BCUT2D eigenvalue weighted by Crippen LogP contribution is -2.20. The first-order chi connectivity index (χ1) is 8.16. The number of rotatable bonds is 4. The molecule has 17 heavy (non-hydrogen) atoms. The highest BCUT2D eigenvalue weighted by atomic mass is 16.5. The summed E-state index contributed by atoms with van der Waals surface area (Å²) < 4.78 is 4.92. The average molecular weight is 234 g/mol. The molecule has 2 aromatic rings. The van der Waals surface area contributed by atoms with Crippen LogP contribution in [0.2, 0.25) is 0 Å². The van der Waals surface area contributed by atoms with Gasteiger partial charge in [-0.2, -0.15) is 4.98 Å². The predicted molar refractivity (Wildman–Crippen MR) is 56.1 cm³/mol. The number of carbonyl (C=O) groups excluding carboxylic acids is 1. The fourth-order valence-electron chi connectivity index (χ4n) is 1.21.